The van der Waals surface area contributed by atoms with E-state index in [1.165, 1.54) is 11.8 Å². The number of rotatable bonds is 15. The van der Waals surface area contributed by atoms with Gasteiger partial charge in [-0.1, -0.05) is 78.3 Å². The van der Waals surface area contributed by atoms with Crippen LogP contribution in [-0.4, -0.2) is 82.7 Å². The molecule has 2 aromatic carbocycles. The summed E-state index contributed by atoms with van der Waals surface area (Å²) in [5, 5.41) is 28.9. The SMILES string of the molecule is CCCCc1nc(Cl)c(C=O)n1Cc1ccc(-c2ccccc2-c2nnn(C(=O)OCCSCCON(O)O)n2)cc1. The van der Waals surface area contributed by atoms with Gasteiger partial charge in [-0.3, -0.25) is 15.2 Å². The first kappa shape index (κ1) is 31.3. The molecular weight excluding hydrogens is 586 g/mol. The zero-order chi connectivity index (χ0) is 29.9. The minimum atomic E-state index is -0.767. The van der Waals surface area contributed by atoms with E-state index in [0.717, 1.165) is 52.9 Å². The number of tetrazole rings is 1. The number of carbonyl (C=O) groups is 2. The van der Waals surface area contributed by atoms with Crippen LogP contribution in [0.2, 0.25) is 5.15 Å². The first-order valence-electron chi connectivity index (χ1n) is 13.2. The molecule has 0 aliphatic heterocycles. The molecule has 0 aliphatic carbocycles. The van der Waals surface area contributed by atoms with Crippen LogP contribution in [0.3, 0.4) is 0 Å². The lowest BCUT2D eigenvalue weighted by Gasteiger charge is -2.11. The van der Waals surface area contributed by atoms with Crippen LogP contribution in [-0.2, 0) is 22.5 Å². The van der Waals surface area contributed by atoms with Crippen LogP contribution in [0.15, 0.2) is 48.5 Å². The summed E-state index contributed by atoms with van der Waals surface area (Å²) in [4.78, 5) is 33.7. The summed E-state index contributed by atoms with van der Waals surface area (Å²) in [6.07, 6.45) is 2.67. The third kappa shape index (κ3) is 8.21. The monoisotopic (exact) mass is 615 g/mol. The molecule has 4 rings (SSSR count). The van der Waals surface area contributed by atoms with E-state index in [2.05, 4.69) is 32.2 Å². The summed E-state index contributed by atoms with van der Waals surface area (Å²) < 4.78 is 7.05. The lowest BCUT2D eigenvalue weighted by Crippen LogP contribution is -2.19. The fraction of sp³-hybridized carbons (Fsp3) is 0.333. The van der Waals surface area contributed by atoms with Crippen molar-refractivity contribution >= 4 is 35.7 Å². The number of aryl methyl sites for hydroxylation is 1. The Hall–Kier alpha value is -3.66. The summed E-state index contributed by atoms with van der Waals surface area (Å²) in [5.74, 6) is 1.99. The first-order chi connectivity index (χ1) is 20.4. The highest BCUT2D eigenvalue weighted by Crippen LogP contribution is 2.30. The Morgan fingerprint density at radius 2 is 1.83 bits per heavy atom. The van der Waals surface area contributed by atoms with Gasteiger partial charge in [0, 0.05) is 30.0 Å². The highest BCUT2D eigenvalue weighted by atomic mass is 35.5. The molecule has 2 N–H and O–H groups in total. The molecule has 0 bridgehead atoms. The van der Waals surface area contributed by atoms with Gasteiger partial charge in [-0.15, -0.1) is 10.2 Å². The number of hydrogen-bond donors (Lipinski definition) is 2. The fourth-order valence-electron chi connectivity index (χ4n) is 4.12. The normalized spacial score (nSPS) is 11.3. The average molecular weight is 616 g/mol. The summed E-state index contributed by atoms with van der Waals surface area (Å²) >= 11 is 7.62. The number of halogens is 1. The van der Waals surface area contributed by atoms with Crippen molar-refractivity contribution in [2.75, 3.05) is 24.7 Å². The van der Waals surface area contributed by atoms with Gasteiger partial charge in [0.2, 0.25) is 5.82 Å². The minimum Gasteiger partial charge on any atom is -0.446 e. The maximum Gasteiger partial charge on any atom is 0.453 e. The van der Waals surface area contributed by atoms with Gasteiger partial charge in [-0.05, 0) is 28.3 Å². The quantitative estimate of drug-likeness (QED) is 0.107. The molecule has 15 heteroatoms. The van der Waals surface area contributed by atoms with Crippen LogP contribution < -0.4 is 0 Å². The van der Waals surface area contributed by atoms with Crippen LogP contribution in [0.25, 0.3) is 22.5 Å². The van der Waals surface area contributed by atoms with E-state index in [4.69, 9.17) is 26.8 Å². The van der Waals surface area contributed by atoms with Crippen LogP contribution in [0.1, 0.15) is 41.6 Å². The van der Waals surface area contributed by atoms with E-state index in [-0.39, 0.29) is 29.6 Å². The van der Waals surface area contributed by atoms with Crippen molar-refractivity contribution in [3.8, 4) is 22.5 Å². The Bertz CT molecular complexity index is 1480. The van der Waals surface area contributed by atoms with Crippen molar-refractivity contribution < 1.29 is 29.6 Å². The predicted molar refractivity (Wildman–Crippen MR) is 154 cm³/mol. The van der Waals surface area contributed by atoms with Gasteiger partial charge in [0.15, 0.2) is 11.4 Å². The molecule has 222 valence electrons. The number of imidazole rings is 1. The highest BCUT2D eigenvalue weighted by Gasteiger charge is 2.18. The standard InChI is InChI=1S/C27H30ClN7O6S/c1-2-3-8-24-29-25(28)23(18-36)33(24)17-19-9-11-20(12-10-19)21-6-4-5-7-22(21)26-30-32-34(31-26)27(37)40-13-15-42-16-14-41-35(38)39/h4-7,9-12,18,38-39H,2-3,8,13-17H2,1H3. The number of thioether (sulfide) groups is 1. The summed E-state index contributed by atoms with van der Waals surface area (Å²) in [6.45, 7) is 2.75. The average Bonchev–Trinajstić information content (AvgIpc) is 3.60. The molecule has 13 nitrogen and oxygen atoms in total. The van der Waals surface area contributed by atoms with Gasteiger partial charge in [0.05, 0.1) is 12.0 Å². The van der Waals surface area contributed by atoms with Crippen LogP contribution >= 0.6 is 23.4 Å². The molecule has 0 aliphatic rings. The molecule has 42 heavy (non-hydrogen) atoms. The number of unbranched alkanes of at least 4 members (excludes halogenated alkanes) is 1. The van der Waals surface area contributed by atoms with Crippen molar-refractivity contribution in [1.29, 1.82) is 0 Å². The molecule has 0 fully saturated rings. The Morgan fingerprint density at radius 1 is 1.10 bits per heavy atom. The van der Waals surface area contributed by atoms with Crippen molar-refractivity contribution in [2.45, 2.75) is 32.7 Å². The van der Waals surface area contributed by atoms with E-state index in [0.29, 0.717) is 29.3 Å². The maximum absolute atomic E-state index is 12.4. The zero-order valence-corrected chi connectivity index (χ0v) is 24.4. The molecule has 0 atom stereocenters. The van der Waals surface area contributed by atoms with Crippen molar-refractivity contribution in [3.05, 3.63) is 70.8 Å². The second kappa shape index (κ2) is 15.5. The molecule has 0 unspecified atom stereocenters. The Balaban J connectivity index is 1.42. The van der Waals surface area contributed by atoms with Gasteiger partial charge >= 0.3 is 6.09 Å². The Kier molecular flexibility index (Phi) is 11.6. The van der Waals surface area contributed by atoms with E-state index >= 15 is 0 Å². The lowest BCUT2D eigenvalue weighted by molar-refractivity contribution is -0.490. The largest absolute Gasteiger partial charge is 0.453 e. The molecular formula is C27H30ClN7O6S. The lowest BCUT2D eigenvalue weighted by atomic mass is 9.98. The number of hydrogen-bond acceptors (Lipinski definition) is 12. The number of nitrogens with zero attached hydrogens (tertiary/aromatic N) is 7. The number of aldehydes is 1. The van der Waals surface area contributed by atoms with Gasteiger partial charge in [-0.25, -0.2) is 14.6 Å². The zero-order valence-electron chi connectivity index (χ0n) is 22.8. The van der Waals surface area contributed by atoms with E-state index in [9.17, 15) is 9.59 Å². The topological polar surface area (TPSA) is 158 Å². The van der Waals surface area contributed by atoms with Gasteiger partial charge in [0.25, 0.3) is 0 Å². The predicted octanol–water partition coefficient (Wildman–Crippen LogP) is 4.79. The van der Waals surface area contributed by atoms with Crippen LogP contribution in [0.4, 0.5) is 4.79 Å². The highest BCUT2D eigenvalue weighted by molar-refractivity contribution is 7.99. The van der Waals surface area contributed by atoms with Gasteiger partial charge < -0.3 is 9.30 Å². The maximum atomic E-state index is 12.4. The van der Waals surface area contributed by atoms with E-state index < -0.39 is 6.09 Å². The molecule has 0 saturated carbocycles. The van der Waals surface area contributed by atoms with E-state index in [1.807, 2.05) is 53.1 Å². The fourth-order valence-corrected chi connectivity index (χ4v) is 4.96. The Morgan fingerprint density at radius 3 is 2.55 bits per heavy atom. The van der Waals surface area contributed by atoms with Crippen LogP contribution in [0, 0.1) is 0 Å². The molecule has 0 radical (unpaired) electrons. The number of ether oxygens (including phenoxy) is 1. The number of benzene rings is 2. The molecule has 2 heterocycles. The van der Waals surface area contributed by atoms with Crippen molar-refractivity contribution in [3.63, 3.8) is 0 Å². The second-order valence-electron chi connectivity index (χ2n) is 8.97. The summed E-state index contributed by atoms with van der Waals surface area (Å²) in [6, 6.07) is 15.4. The van der Waals surface area contributed by atoms with Crippen LogP contribution in [0.5, 0.6) is 0 Å². The smallest absolute Gasteiger partial charge is 0.446 e. The number of aromatic nitrogens is 6. The summed E-state index contributed by atoms with van der Waals surface area (Å²) in [5.41, 5.74) is 3.80. The third-order valence-electron chi connectivity index (χ3n) is 6.14. The second-order valence-corrected chi connectivity index (χ2v) is 10.6. The van der Waals surface area contributed by atoms with Gasteiger partial charge in [-0.2, -0.15) is 11.8 Å². The Labute approximate surface area is 250 Å². The number of carbonyl (C=O) groups excluding carboxylic acids is 2. The molecule has 0 saturated heterocycles. The van der Waals surface area contributed by atoms with Crippen molar-refractivity contribution in [2.24, 2.45) is 0 Å². The first-order valence-corrected chi connectivity index (χ1v) is 14.7. The molecule has 2 aromatic heterocycles. The van der Waals surface area contributed by atoms with Crippen molar-refractivity contribution in [1.82, 2.24) is 35.1 Å². The molecule has 4 aromatic rings. The molecule has 0 amide bonds. The minimum absolute atomic E-state index is 0.0856. The van der Waals surface area contributed by atoms with Gasteiger partial charge in [0.1, 0.15) is 18.1 Å². The summed E-state index contributed by atoms with van der Waals surface area (Å²) in [7, 11) is 0. The molecule has 0 spiro atoms. The van der Waals surface area contributed by atoms with E-state index in [1.54, 1.807) is 0 Å². The third-order valence-corrected chi connectivity index (χ3v) is 7.33.